The largest absolute Gasteiger partial charge is 0.462 e. The molecule has 0 radical (unpaired) electrons. The van der Waals surface area contributed by atoms with Gasteiger partial charge in [0.2, 0.25) is 5.91 Å². The molecule has 1 aromatic carbocycles. The predicted molar refractivity (Wildman–Crippen MR) is 112 cm³/mol. The minimum Gasteiger partial charge on any atom is -0.462 e. The van der Waals surface area contributed by atoms with Crippen molar-refractivity contribution in [3.8, 4) is 0 Å². The van der Waals surface area contributed by atoms with Crippen LogP contribution in [0.3, 0.4) is 0 Å². The molecule has 158 valence electrons. The Hall–Kier alpha value is -2.63. The molecular weight excluding hydrogens is 368 g/mol. The third kappa shape index (κ3) is 5.05. The van der Waals surface area contributed by atoms with E-state index in [1.54, 1.807) is 41.1 Å². The lowest BCUT2D eigenvalue weighted by molar-refractivity contribution is -0.139. The zero-order valence-electron chi connectivity index (χ0n) is 18.1. The van der Waals surface area contributed by atoms with Crippen LogP contribution in [0, 0.1) is 5.41 Å². The highest BCUT2D eigenvalue weighted by atomic mass is 16.5. The molecule has 1 aliphatic rings. The summed E-state index contributed by atoms with van der Waals surface area (Å²) in [7, 11) is 1.70. The van der Waals surface area contributed by atoms with E-state index in [0.29, 0.717) is 12.2 Å². The van der Waals surface area contributed by atoms with Crippen LogP contribution < -0.4 is 0 Å². The highest BCUT2D eigenvalue weighted by molar-refractivity contribution is 6.00. The molecule has 1 fully saturated rings. The molecule has 1 saturated heterocycles. The summed E-state index contributed by atoms with van der Waals surface area (Å²) in [5.41, 5.74) is 0.339. The first-order valence-electron chi connectivity index (χ1n) is 10.1. The van der Waals surface area contributed by atoms with Crippen LogP contribution in [-0.2, 0) is 14.3 Å². The van der Waals surface area contributed by atoms with E-state index in [1.807, 2.05) is 33.8 Å². The molecule has 6 heteroatoms. The summed E-state index contributed by atoms with van der Waals surface area (Å²) in [6.07, 6.45) is 1.31. The van der Waals surface area contributed by atoms with Crippen molar-refractivity contribution in [2.24, 2.45) is 5.41 Å². The minimum absolute atomic E-state index is 0.0548. The SMILES string of the molecule is C=C(C[C@H]1C(=O)N(C)[C@H](C(C)(C)C)N1C(=O)c1ccccc1)C(=O)OCCCC. The van der Waals surface area contributed by atoms with Gasteiger partial charge in [0, 0.05) is 30.0 Å². The molecule has 6 nitrogen and oxygen atoms in total. The summed E-state index contributed by atoms with van der Waals surface area (Å²) >= 11 is 0. The highest BCUT2D eigenvalue weighted by Gasteiger charge is 2.51. The van der Waals surface area contributed by atoms with Crippen LogP contribution in [-0.4, -0.2) is 53.4 Å². The fourth-order valence-electron chi connectivity index (χ4n) is 3.73. The molecule has 29 heavy (non-hydrogen) atoms. The van der Waals surface area contributed by atoms with Gasteiger partial charge in [0.05, 0.1) is 6.61 Å². The van der Waals surface area contributed by atoms with E-state index in [2.05, 4.69) is 6.58 Å². The Bertz CT molecular complexity index is 767. The molecule has 0 aliphatic carbocycles. The molecule has 1 aromatic rings. The molecular formula is C23H32N2O4. The zero-order valence-corrected chi connectivity index (χ0v) is 18.1. The maximum Gasteiger partial charge on any atom is 0.333 e. The molecule has 0 unspecified atom stereocenters. The van der Waals surface area contributed by atoms with Crippen molar-refractivity contribution in [1.82, 2.24) is 9.80 Å². The number of rotatable bonds is 7. The van der Waals surface area contributed by atoms with Crippen LogP contribution in [0.15, 0.2) is 42.5 Å². The van der Waals surface area contributed by atoms with Crippen LogP contribution in [0.2, 0.25) is 0 Å². The van der Waals surface area contributed by atoms with Crippen molar-refractivity contribution in [2.45, 2.75) is 59.2 Å². The second-order valence-electron chi connectivity index (χ2n) is 8.58. The molecule has 1 aliphatic heterocycles. The van der Waals surface area contributed by atoms with Gasteiger partial charge in [-0.3, -0.25) is 9.59 Å². The van der Waals surface area contributed by atoms with Crippen molar-refractivity contribution in [1.29, 1.82) is 0 Å². The lowest BCUT2D eigenvalue weighted by Gasteiger charge is -2.39. The zero-order chi connectivity index (χ0) is 21.8. The van der Waals surface area contributed by atoms with Gasteiger partial charge in [-0.1, -0.05) is 58.9 Å². The maximum atomic E-state index is 13.4. The number of hydrogen-bond donors (Lipinski definition) is 0. The molecule has 1 heterocycles. The molecule has 0 bridgehead atoms. The van der Waals surface area contributed by atoms with Crippen LogP contribution >= 0.6 is 0 Å². The second kappa shape index (κ2) is 9.25. The number of likely N-dealkylation sites (N-methyl/N-ethyl adjacent to an activating group) is 1. The van der Waals surface area contributed by atoms with Crippen molar-refractivity contribution in [2.75, 3.05) is 13.7 Å². The van der Waals surface area contributed by atoms with E-state index < -0.39 is 18.2 Å². The van der Waals surface area contributed by atoms with E-state index in [-0.39, 0.29) is 29.2 Å². The van der Waals surface area contributed by atoms with Crippen molar-refractivity contribution in [3.05, 3.63) is 48.0 Å². The van der Waals surface area contributed by atoms with Crippen LogP contribution in [0.5, 0.6) is 0 Å². The second-order valence-corrected chi connectivity index (χ2v) is 8.58. The van der Waals surface area contributed by atoms with Gasteiger partial charge < -0.3 is 14.5 Å². The van der Waals surface area contributed by atoms with E-state index in [9.17, 15) is 14.4 Å². The minimum atomic E-state index is -0.789. The number of carbonyl (C=O) groups is 3. The first-order valence-corrected chi connectivity index (χ1v) is 10.1. The number of hydrogen-bond acceptors (Lipinski definition) is 4. The smallest absolute Gasteiger partial charge is 0.333 e. The van der Waals surface area contributed by atoms with Crippen LogP contribution in [0.4, 0.5) is 0 Å². The number of ether oxygens (including phenoxy) is 1. The number of benzene rings is 1. The van der Waals surface area contributed by atoms with Crippen LogP contribution in [0.25, 0.3) is 0 Å². The van der Waals surface area contributed by atoms with E-state index in [0.717, 1.165) is 12.8 Å². The van der Waals surface area contributed by atoms with E-state index in [4.69, 9.17) is 4.74 Å². The summed E-state index contributed by atoms with van der Waals surface area (Å²) < 4.78 is 5.22. The molecule has 2 amide bonds. The van der Waals surface area contributed by atoms with Gasteiger partial charge in [0.25, 0.3) is 5.91 Å². The fourth-order valence-corrected chi connectivity index (χ4v) is 3.73. The van der Waals surface area contributed by atoms with Gasteiger partial charge in [-0.25, -0.2) is 4.79 Å². The molecule has 0 spiro atoms. The summed E-state index contributed by atoms with van der Waals surface area (Å²) in [6.45, 7) is 12.1. The maximum absolute atomic E-state index is 13.4. The number of esters is 1. The first-order chi connectivity index (χ1) is 13.6. The Morgan fingerprint density at radius 3 is 2.34 bits per heavy atom. The Labute approximate surface area is 173 Å². The lowest BCUT2D eigenvalue weighted by atomic mass is 9.90. The molecule has 2 rings (SSSR count). The molecule has 0 saturated carbocycles. The van der Waals surface area contributed by atoms with Gasteiger partial charge in [-0.15, -0.1) is 0 Å². The van der Waals surface area contributed by atoms with Gasteiger partial charge in [0.1, 0.15) is 12.2 Å². The number of unbranched alkanes of at least 4 members (excludes halogenated alkanes) is 1. The van der Waals surface area contributed by atoms with Crippen LogP contribution in [0.1, 0.15) is 57.3 Å². The standard InChI is InChI=1S/C23H32N2O4/c1-7-8-14-29-21(28)16(2)15-18-20(27)24(6)22(23(3,4)5)25(18)19(26)17-12-10-9-11-13-17/h9-13,18,22H,2,7-8,14-15H2,1,3-6H3/t18-,22-/m0/s1. The summed E-state index contributed by atoms with van der Waals surface area (Å²) in [4.78, 5) is 41.9. The first kappa shape index (κ1) is 22.7. The number of amides is 2. The molecule has 2 atom stereocenters. The molecule has 0 N–H and O–H groups in total. The summed E-state index contributed by atoms with van der Waals surface area (Å²) in [6, 6.07) is 8.10. The average molecular weight is 401 g/mol. The van der Waals surface area contributed by atoms with E-state index in [1.165, 1.54) is 0 Å². The third-order valence-electron chi connectivity index (χ3n) is 5.09. The topological polar surface area (TPSA) is 66.9 Å². The van der Waals surface area contributed by atoms with Gasteiger partial charge >= 0.3 is 5.97 Å². The summed E-state index contributed by atoms with van der Waals surface area (Å²) in [5, 5.41) is 0. The van der Waals surface area contributed by atoms with Crippen molar-refractivity contribution >= 4 is 17.8 Å². The lowest BCUT2D eigenvalue weighted by Crippen LogP contribution is -2.51. The van der Waals surface area contributed by atoms with Crippen molar-refractivity contribution < 1.29 is 19.1 Å². The predicted octanol–water partition coefficient (Wildman–Crippen LogP) is 3.63. The third-order valence-corrected chi connectivity index (χ3v) is 5.09. The number of nitrogens with zero attached hydrogens (tertiary/aromatic N) is 2. The summed E-state index contributed by atoms with van der Waals surface area (Å²) in [5.74, 6) is -0.947. The quantitative estimate of drug-likeness (QED) is 0.398. The average Bonchev–Trinajstić information content (AvgIpc) is 2.93. The monoisotopic (exact) mass is 400 g/mol. The highest BCUT2D eigenvalue weighted by Crippen LogP contribution is 2.36. The normalized spacial score (nSPS) is 19.4. The Morgan fingerprint density at radius 1 is 1.17 bits per heavy atom. The fraction of sp³-hybridized carbons (Fsp3) is 0.522. The Kier molecular flexibility index (Phi) is 7.22. The Balaban J connectivity index is 2.32. The number of carbonyl (C=O) groups excluding carboxylic acids is 3. The molecule has 0 aromatic heterocycles. The Morgan fingerprint density at radius 2 is 1.79 bits per heavy atom. The van der Waals surface area contributed by atoms with Gasteiger partial charge in [0.15, 0.2) is 0 Å². The van der Waals surface area contributed by atoms with Crippen molar-refractivity contribution in [3.63, 3.8) is 0 Å². The van der Waals surface area contributed by atoms with E-state index >= 15 is 0 Å². The van der Waals surface area contributed by atoms with Gasteiger partial charge in [-0.2, -0.15) is 0 Å². The van der Waals surface area contributed by atoms with Gasteiger partial charge in [-0.05, 0) is 18.6 Å².